The van der Waals surface area contributed by atoms with Gasteiger partial charge in [-0.2, -0.15) is 0 Å². The first-order valence-corrected chi connectivity index (χ1v) is 3.71. The fourth-order valence-corrected chi connectivity index (χ4v) is 1.18. The zero-order valence-electron chi connectivity index (χ0n) is 6.50. The molecule has 5 atom stereocenters. The van der Waals surface area contributed by atoms with E-state index in [9.17, 15) is 0 Å². The SMILES string of the molecule is N[C@@H]1[C@H](N)[C@@H](O)[C@@H](O)O[C@@H]1CO. The minimum Gasteiger partial charge on any atom is -0.394 e. The summed E-state index contributed by atoms with van der Waals surface area (Å²) in [6, 6.07) is -1.43. The van der Waals surface area contributed by atoms with Crippen molar-refractivity contribution in [2.75, 3.05) is 6.61 Å². The topological polar surface area (TPSA) is 122 Å². The van der Waals surface area contributed by atoms with Gasteiger partial charge in [0, 0.05) is 0 Å². The Hall–Kier alpha value is -0.240. The Morgan fingerprint density at radius 2 is 1.75 bits per heavy atom. The van der Waals surface area contributed by atoms with Crippen molar-refractivity contribution in [1.82, 2.24) is 0 Å². The third-order valence-corrected chi connectivity index (χ3v) is 2.05. The standard InChI is InChI=1S/C6H14N2O4/c7-3-2(1-9)12-6(11)5(10)4(3)8/h2-6,9-11H,1,7-8H2/t2-,3+,4+,5-,6+/m1/s1. The molecule has 0 amide bonds. The summed E-state index contributed by atoms with van der Waals surface area (Å²) in [5.41, 5.74) is 11.0. The lowest BCUT2D eigenvalue weighted by Gasteiger charge is -2.39. The Balaban J connectivity index is 2.63. The lowest BCUT2D eigenvalue weighted by Crippen LogP contribution is -2.65. The zero-order chi connectivity index (χ0) is 9.30. The molecule has 0 unspecified atom stereocenters. The molecule has 0 aromatic carbocycles. The Kier molecular flexibility index (Phi) is 2.99. The van der Waals surface area contributed by atoms with Gasteiger partial charge in [0.25, 0.3) is 0 Å². The number of aliphatic hydroxyl groups is 3. The molecule has 1 rings (SSSR count). The van der Waals surface area contributed by atoms with Crippen molar-refractivity contribution in [3.8, 4) is 0 Å². The van der Waals surface area contributed by atoms with Gasteiger partial charge in [-0.15, -0.1) is 0 Å². The number of hydrogen-bond acceptors (Lipinski definition) is 6. The number of aliphatic hydroxyl groups excluding tert-OH is 3. The van der Waals surface area contributed by atoms with Crippen LogP contribution in [0.3, 0.4) is 0 Å². The van der Waals surface area contributed by atoms with Crippen LogP contribution in [0.5, 0.6) is 0 Å². The van der Waals surface area contributed by atoms with Crippen LogP contribution in [0, 0.1) is 0 Å². The molecule has 1 fully saturated rings. The number of ether oxygens (including phenoxy) is 1. The minimum atomic E-state index is -1.36. The van der Waals surface area contributed by atoms with Crippen molar-refractivity contribution in [1.29, 1.82) is 0 Å². The van der Waals surface area contributed by atoms with E-state index in [2.05, 4.69) is 0 Å². The summed E-state index contributed by atoms with van der Waals surface area (Å²) in [5, 5.41) is 26.9. The molecular weight excluding hydrogens is 164 g/mol. The van der Waals surface area contributed by atoms with Crippen LogP contribution in [0.4, 0.5) is 0 Å². The van der Waals surface area contributed by atoms with Crippen molar-refractivity contribution in [2.24, 2.45) is 11.5 Å². The fourth-order valence-electron chi connectivity index (χ4n) is 1.18. The van der Waals surface area contributed by atoms with E-state index in [0.29, 0.717) is 0 Å². The van der Waals surface area contributed by atoms with Crippen LogP contribution >= 0.6 is 0 Å². The van der Waals surface area contributed by atoms with Crippen molar-refractivity contribution in [3.05, 3.63) is 0 Å². The summed E-state index contributed by atoms with van der Waals surface area (Å²) in [7, 11) is 0. The van der Waals surface area contributed by atoms with Crippen molar-refractivity contribution >= 4 is 0 Å². The molecule has 7 N–H and O–H groups in total. The molecule has 6 heteroatoms. The lowest BCUT2D eigenvalue weighted by atomic mass is 9.95. The van der Waals surface area contributed by atoms with Gasteiger partial charge in [0.1, 0.15) is 12.2 Å². The second-order valence-electron chi connectivity index (χ2n) is 2.89. The first-order valence-electron chi connectivity index (χ1n) is 3.71. The first-order chi connectivity index (χ1) is 5.57. The lowest BCUT2D eigenvalue weighted by molar-refractivity contribution is -0.232. The summed E-state index contributed by atoms with van der Waals surface area (Å²) in [6.45, 7) is -0.321. The number of hydrogen-bond donors (Lipinski definition) is 5. The monoisotopic (exact) mass is 178 g/mol. The maximum Gasteiger partial charge on any atom is 0.182 e. The normalized spacial score (nSPS) is 49.2. The van der Waals surface area contributed by atoms with Crippen LogP contribution in [-0.4, -0.2) is 52.5 Å². The number of nitrogens with two attached hydrogens (primary N) is 2. The van der Waals surface area contributed by atoms with E-state index < -0.39 is 30.6 Å². The molecule has 0 radical (unpaired) electrons. The van der Waals surface area contributed by atoms with Gasteiger partial charge in [-0.25, -0.2) is 0 Å². The second-order valence-corrected chi connectivity index (χ2v) is 2.89. The van der Waals surface area contributed by atoms with E-state index in [-0.39, 0.29) is 6.61 Å². The summed E-state index contributed by atoms with van der Waals surface area (Å²) >= 11 is 0. The molecule has 0 saturated carbocycles. The Bertz CT molecular complexity index is 152. The van der Waals surface area contributed by atoms with E-state index >= 15 is 0 Å². The Labute approximate surface area is 69.7 Å². The summed E-state index contributed by atoms with van der Waals surface area (Å²) in [5.74, 6) is 0. The van der Waals surface area contributed by atoms with Crippen LogP contribution in [-0.2, 0) is 4.74 Å². The predicted octanol–water partition coefficient (Wildman–Crippen LogP) is -3.29. The molecule has 72 valence electrons. The maximum atomic E-state index is 9.17. The average Bonchev–Trinajstić information content (AvgIpc) is 2.08. The molecule has 1 saturated heterocycles. The van der Waals surface area contributed by atoms with Crippen molar-refractivity contribution in [2.45, 2.75) is 30.6 Å². The molecule has 1 heterocycles. The van der Waals surface area contributed by atoms with Crippen molar-refractivity contribution in [3.63, 3.8) is 0 Å². The van der Waals surface area contributed by atoms with Crippen LogP contribution in [0.15, 0.2) is 0 Å². The molecule has 0 bridgehead atoms. The minimum absolute atomic E-state index is 0.321. The quantitative estimate of drug-likeness (QED) is 0.287. The molecule has 1 aliphatic rings. The van der Waals surface area contributed by atoms with E-state index in [1.807, 2.05) is 0 Å². The second kappa shape index (κ2) is 3.65. The van der Waals surface area contributed by atoms with Gasteiger partial charge < -0.3 is 31.5 Å². The molecule has 0 aromatic heterocycles. The van der Waals surface area contributed by atoms with E-state index in [1.165, 1.54) is 0 Å². The third-order valence-electron chi connectivity index (χ3n) is 2.05. The highest BCUT2D eigenvalue weighted by molar-refractivity contribution is 4.93. The molecule has 0 aliphatic carbocycles. The molecule has 12 heavy (non-hydrogen) atoms. The summed E-state index contributed by atoms with van der Waals surface area (Å²) in [6.07, 6.45) is -3.27. The zero-order valence-corrected chi connectivity index (χ0v) is 6.50. The van der Waals surface area contributed by atoms with Gasteiger partial charge in [0.2, 0.25) is 0 Å². The molecule has 1 aliphatic heterocycles. The van der Waals surface area contributed by atoms with Gasteiger partial charge in [0.05, 0.1) is 18.7 Å². The number of rotatable bonds is 1. The molecule has 0 spiro atoms. The summed E-state index contributed by atoms with van der Waals surface area (Å²) in [4.78, 5) is 0. The van der Waals surface area contributed by atoms with E-state index in [1.54, 1.807) is 0 Å². The van der Waals surface area contributed by atoms with Crippen LogP contribution < -0.4 is 11.5 Å². The Morgan fingerprint density at radius 1 is 1.17 bits per heavy atom. The van der Waals surface area contributed by atoms with Crippen LogP contribution in [0.25, 0.3) is 0 Å². The Morgan fingerprint density at radius 3 is 2.25 bits per heavy atom. The first kappa shape index (κ1) is 9.85. The van der Waals surface area contributed by atoms with E-state index in [4.69, 9.17) is 31.5 Å². The maximum absolute atomic E-state index is 9.17. The van der Waals surface area contributed by atoms with Crippen LogP contribution in [0.1, 0.15) is 0 Å². The fraction of sp³-hybridized carbons (Fsp3) is 1.00. The largest absolute Gasteiger partial charge is 0.394 e. The predicted molar refractivity (Wildman–Crippen MR) is 39.9 cm³/mol. The average molecular weight is 178 g/mol. The van der Waals surface area contributed by atoms with Crippen LogP contribution in [0.2, 0.25) is 0 Å². The van der Waals surface area contributed by atoms with Gasteiger partial charge in [-0.1, -0.05) is 0 Å². The van der Waals surface area contributed by atoms with Gasteiger partial charge in [0.15, 0.2) is 6.29 Å². The molecule has 0 aromatic rings. The third kappa shape index (κ3) is 1.58. The van der Waals surface area contributed by atoms with Gasteiger partial charge in [-0.05, 0) is 0 Å². The van der Waals surface area contributed by atoms with Crippen molar-refractivity contribution < 1.29 is 20.1 Å². The van der Waals surface area contributed by atoms with E-state index in [0.717, 1.165) is 0 Å². The molecule has 6 nitrogen and oxygen atoms in total. The highest BCUT2D eigenvalue weighted by Gasteiger charge is 2.40. The highest BCUT2D eigenvalue weighted by atomic mass is 16.6. The summed E-state index contributed by atoms with van der Waals surface area (Å²) < 4.78 is 4.78. The van der Waals surface area contributed by atoms with Gasteiger partial charge in [-0.3, -0.25) is 0 Å². The smallest absolute Gasteiger partial charge is 0.182 e. The molecular formula is C6H14N2O4. The van der Waals surface area contributed by atoms with Gasteiger partial charge >= 0.3 is 0 Å². The highest BCUT2D eigenvalue weighted by Crippen LogP contribution is 2.16.